The predicted molar refractivity (Wildman–Crippen MR) is 188 cm³/mol. The van der Waals surface area contributed by atoms with Gasteiger partial charge in [-0.05, 0) is 77.9 Å². The van der Waals surface area contributed by atoms with Crippen molar-refractivity contribution in [2.45, 2.75) is 108 Å². The predicted octanol–water partition coefficient (Wildman–Crippen LogP) is 7.29. The van der Waals surface area contributed by atoms with E-state index >= 15 is 0 Å². The van der Waals surface area contributed by atoms with Crippen molar-refractivity contribution in [1.82, 2.24) is 15.0 Å². The van der Waals surface area contributed by atoms with Gasteiger partial charge in [0, 0.05) is 49.7 Å². The zero-order valence-electron chi connectivity index (χ0n) is 26.9. The van der Waals surface area contributed by atoms with Gasteiger partial charge in [-0.25, -0.2) is 15.0 Å². The van der Waals surface area contributed by atoms with Gasteiger partial charge in [-0.2, -0.15) is 0 Å². The van der Waals surface area contributed by atoms with E-state index in [0.717, 1.165) is 14.7 Å². The molecule has 0 aliphatic carbocycles. The summed E-state index contributed by atoms with van der Waals surface area (Å²) >= 11 is 4.81. The van der Waals surface area contributed by atoms with E-state index in [0.29, 0.717) is 36.7 Å². The average molecular weight is 664 g/mol. The molecule has 0 spiro atoms. The van der Waals surface area contributed by atoms with Crippen molar-refractivity contribution in [3.8, 4) is 0 Å². The zero-order valence-corrected chi connectivity index (χ0v) is 29.4. The summed E-state index contributed by atoms with van der Waals surface area (Å²) in [6.07, 6.45) is 1.26. The number of hydrogen-bond donors (Lipinski definition) is 3. The summed E-state index contributed by atoms with van der Waals surface area (Å²) in [5.41, 5.74) is -3.03. The third-order valence-electron chi connectivity index (χ3n) is 7.31. The number of hydrogen-bond acceptors (Lipinski definition) is 9. The summed E-state index contributed by atoms with van der Waals surface area (Å²) in [5, 5.41) is 32.9. The third kappa shape index (κ3) is 11.4. The molecule has 4 rings (SSSR count). The van der Waals surface area contributed by atoms with Crippen molar-refractivity contribution >= 4 is 35.3 Å². The first-order valence-corrected chi connectivity index (χ1v) is 17.9. The Hall–Kier alpha value is -2.40. The fraction of sp³-hybridized carbons (Fsp3) is 0.417. The van der Waals surface area contributed by atoms with Crippen LogP contribution in [0.3, 0.4) is 0 Å². The van der Waals surface area contributed by atoms with Gasteiger partial charge in [0.1, 0.15) is 17.5 Å². The van der Waals surface area contributed by atoms with Gasteiger partial charge in [-0.3, -0.25) is 0 Å². The molecule has 3 aromatic carbocycles. The Bertz CT molecular complexity index is 1280. The Morgan fingerprint density at radius 1 is 0.444 bits per heavy atom. The lowest BCUT2D eigenvalue weighted by molar-refractivity contribution is 0.0765. The molecule has 0 bridgehead atoms. The number of thioether (sulfide) groups is 3. The van der Waals surface area contributed by atoms with Gasteiger partial charge >= 0.3 is 0 Å². The summed E-state index contributed by atoms with van der Waals surface area (Å²) in [6, 6.07) is 30.1. The first-order valence-electron chi connectivity index (χ1n) is 15.2. The Morgan fingerprint density at radius 2 is 0.667 bits per heavy atom. The van der Waals surface area contributed by atoms with Gasteiger partial charge < -0.3 is 15.3 Å². The highest BCUT2D eigenvalue weighted by Crippen LogP contribution is 2.35. The van der Waals surface area contributed by atoms with Crippen molar-refractivity contribution in [2.24, 2.45) is 0 Å². The Morgan fingerprint density at radius 3 is 0.867 bits per heavy atom. The maximum atomic E-state index is 11.2. The topological polar surface area (TPSA) is 99.4 Å². The van der Waals surface area contributed by atoms with E-state index in [2.05, 4.69) is 0 Å². The van der Waals surface area contributed by atoms with Crippen molar-refractivity contribution in [3.05, 3.63) is 108 Å². The molecule has 45 heavy (non-hydrogen) atoms. The molecule has 6 nitrogen and oxygen atoms in total. The lowest BCUT2D eigenvalue weighted by atomic mass is 10.0. The van der Waals surface area contributed by atoms with Crippen LogP contribution in [0.2, 0.25) is 0 Å². The SMILES string of the molecule is CC(C)(O)C(Cc1nc(C[C@@H](Sc2ccccc2)C(C)(C)O)nc(C[C@@H](Sc2ccccc2)C(C)(C)O)n1)Sc1ccccc1. The Balaban J connectivity index is 1.71. The van der Waals surface area contributed by atoms with Crippen LogP contribution in [0.1, 0.15) is 59.0 Å². The maximum absolute atomic E-state index is 11.2. The van der Waals surface area contributed by atoms with Crippen LogP contribution in [0.5, 0.6) is 0 Å². The monoisotopic (exact) mass is 663 g/mol. The number of aliphatic hydroxyl groups is 3. The van der Waals surface area contributed by atoms with E-state index in [1.807, 2.05) is 133 Å². The number of aromatic nitrogens is 3. The lowest BCUT2D eigenvalue weighted by Crippen LogP contribution is -2.38. The summed E-state index contributed by atoms with van der Waals surface area (Å²) in [6.45, 7) is 10.9. The molecule has 1 unspecified atom stereocenters. The third-order valence-corrected chi connectivity index (χ3v) is 12.0. The van der Waals surface area contributed by atoms with E-state index in [9.17, 15) is 15.3 Å². The highest BCUT2D eigenvalue weighted by Gasteiger charge is 2.33. The molecular formula is C36H45N3O3S3. The van der Waals surface area contributed by atoms with E-state index in [4.69, 9.17) is 15.0 Å². The molecule has 0 fully saturated rings. The molecule has 0 aliphatic heterocycles. The normalized spacial score (nSPS) is 14.6. The van der Waals surface area contributed by atoms with Crippen LogP contribution in [0.15, 0.2) is 106 Å². The van der Waals surface area contributed by atoms with Gasteiger partial charge in [0.05, 0.1) is 16.8 Å². The molecule has 0 saturated carbocycles. The minimum atomic E-state index is -1.01. The van der Waals surface area contributed by atoms with Crippen molar-refractivity contribution in [1.29, 1.82) is 0 Å². The van der Waals surface area contributed by atoms with E-state index in [1.165, 1.54) is 0 Å². The maximum Gasteiger partial charge on any atom is 0.133 e. The number of nitrogens with zero attached hydrogens (tertiary/aromatic N) is 3. The number of benzene rings is 3. The smallest absolute Gasteiger partial charge is 0.133 e. The van der Waals surface area contributed by atoms with Crippen LogP contribution in [0.25, 0.3) is 0 Å². The summed E-state index contributed by atoms with van der Waals surface area (Å²) in [5.74, 6) is 1.76. The Kier molecular flexibility index (Phi) is 12.2. The number of rotatable bonds is 15. The molecule has 1 heterocycles. The van der Waals surface area contributed by atoms with Crippen molar-refractivity contribution < 1.29 is 15.3 Å². The fourth-order valence-corrected chi connectivity index (χ4v) is 8.08. The average Bonchev–Trinajstić information content (AvgIpc) is 2.96. The molecule has 3 atom stereocenters. The second kappa shape index (κ2) is 15.5. The van der Waals surface area contributed by atoms with E-state index in [-0.39, 0.29) is 15.7 Å². The van der Waals surface area contributed by atoms with Crippen molar-refractivity contribution in [3.63, 3.8) is 0 Å². The zero-order chi connectivity index (χ0) is 32.7. The van der Waals surface area contributed by atoms with Crippen LogP contribution >= 0.6 is 35.3 Å². The second-order valence-corrected chi connectivity index (χ2v) is 16.7. The van der Waals surface area contributed by atoms with Crippen LogP contribution in [0.4, 0.5) is 0 Å². The van der Waals surface area contributed by atoms with E-state index in [1.54, 1.807) is 35.3 Å². The minimum Gasteiger partial charge on any atom is -0.389 e. The molecule has 0 radical (unpaired) electrons. The van der Waals surface area contributed by atoms with Gasteiger partial charge in [-0.1, -0.05) is 54.6 Å². The first-order chi connectivity index (χ1) is 21.2. The highest BCUT2D eigenvalue weighted by atomic mass is 32.2. The Labute approximate surface area is 280 Å². The molecule has 1 aromatic heterocycles. The van der Waals surface area contributed by atoms with Crippen molar-refractivity contribution in [2.75, 3.05) is 0 Å². The molecule has 0 aliphatic rings. The molecule has 3 N–H and O–H groups in total. The summed E-state index contributed by atoms with van der Waals surface area (Å²) in [4.78, 5) is 18.0. The van der Waals surface area contributed by atoms with Gasteiger partial charge in [0.25, 0.3) is 0 Å². The molecule has 4 aromatic rings. The molecule has 240 valence electrons. The minimum absolute atomic E-state index is 0.226. The summed E-state index contributed by atoms with van der Waals surface area (Å²) < 4.78 is 0. The van der Waals surface area contributed by atoms with Crippen LogP contribution in [-0.2, 0) is 19.3 Å². The van der Waals surface area contributed by atoms with Crippen LogP contribution in [0, 0.1) is 0 Å². The quantitative estimate of drug-likeness (QED) is 0.113. The highest BCUT2D eigenvalue weighted by molar-refractivity contribution is 8.00. The largest absolute Gasteiger partial charge is 0.389 e. The summed E-state index contributed by atoms with van der Waals surface area (Å²) in [7, 11) is 0. The first kappa shape index (κ1) is 35.5. The lowest BCUT2D eigenvalue weighted by Gasteiger charge is -2.30. The molecular weight excluding hydrogens is 619 g/mol. The van der Waals surface area contributed by atoms with Gasteiger partial charge in [-0.15, -0.1) is 35.3 Å². The second-order valence-electron chi connectivity index (χ2n) is 12.9. The van der Waals surface area contributed by atoms with Gasteiger partial charge in [0.15, 0.2) is 0 Å². The van der Waals surface area contributed by atoms with Crippen LogP contribution < -0.4 is 0 Å². The molecule has 0 saturated heterocycles. The standard InChI is InChI=1S/C36H45N3O3S3/c1-34(2,40)28(43-25-16-10-7-11-17-25)22-31-37-32(23-29(35(3,4)41)44-26-18-12-8-13-19-26)39-33(38-31)24-30(36(5,6)42)45-27-20-14-9-15-21-27/h7-21,28-30,40-42H,22-24H2,1-6H3/t28-,29-,30?/m1/s1. The van der Waals surface area contributed by atoms with E-state index < -0.39 is 16.8 Å². The molecule has 0 amide bonds. The van der Waals surface area contributed by atoms with Gasteiger partial charge in [0.2, 0.25) is 0 Å². The molecule has 9 heteroatoms. The van der Waals surface area contributed by atoms with Crippen LogP contribution in [-0.4, -0.2) is 62.8 Å². The fourth-order valence-electron chi connectivity index (χ4n) is 4.59.